The zero-order valence-electron chi connectivity index (χ0n) is 11.7. The first-order valence-electron chi connectivity index (χ1n) is 7.23. The normalized spacial score (nSPS) is 15.9. The van der Waals surface area contributed by atoms with Crippen molar-refractivity contribution in [3.8, 4) is 0 Å². The smallest absolute Gasteiger partial charge is 0.296 e. The van der Waals surface area contributed by atoms with E-state index in [2.05, 4.69) is 52.0 Å². The number of nitrogens with zero attached hydrogens (tertiary/aromatic N) is 2. The molecule has 0 aliphatic carbocycles. The molecule has 0 spiro atoms. The molecule has 2 aromatic carbocycles. The fraction of sp³-hybridized carbons (Fsp3) is 0.167. The fourth-order valence-corrected chi connectivity index (χ4v) is 2.79. The minimum Gasteiger partial charge on any atom is -0.464 e. The molecule has 0 saturated carbocycles. The summed E-state index contributed by atoms with van der Waals surface area (Å²) >= 11 is 0. The number of ether oxygens (including phenoxy) is 1. The van der Waals surface area contributed by atoms with Crippen molar-refractivity contribution in [3.63, 3.8) is 0 Å². The molecule has 0 radical (unpaired) electrons. The maximum atomic E-state index is 5.81. The highest BCUT2D eigenvalue weighted by Crippen LogP contribution is 2.23. The molecule has 0 saturated heterocycles. The number of aromatic nitrogens is 1. The average Bonchev–Trinajstić information content (AvgIpc) is 2.93. The van der Waals surface area contributed by atoms with Gasteiger partial charge in [-0.05, 0) is 17.7 Å². The summed E-state index contributed by atoms with van der Waals surface area (Å²) in [5.74, 6) is 0. The zero-order chi connectivity index (χ0) is 14.1. The van der Waals surface area contributed by atoms with E-state index >= 15 is 0 Å². The van der Waals surface area contributed by atoms with Crippen molar-refractivity contribution in [3.05, 3.63) is 71.9 Å². The summed E-state index contributed by atoms with van der Waals surface area (Å²) in [5.41, 5.74) is 3.63. The molecule has 2 heterocycles. The van der Waals surface area contributed by atoms with Crippen LogP contribution in [0, 0.1) is 0 Å². The number of fused-ring (bicyclic) bond motifs is 3. The van der Waals surface area contributed by atoms with E-state index in [-0.39, 0.29) is 0 Å². The average molecular weight is 276 g/mol. The largest absolute Gasteiger partial charge is 0.464 e. The Labute approximate surface area is 123 Å². The van der Waals surface area contributed by atoms with Crippen molar-refractivity contribution in [2.75, 3.05) is 6.61 Å². The van der Waals surface area contributed by atoms with Crippen LogP contribution in [-0.2, 0) is 17.7 Å². The van der Waals surface area contributed by atoms with Crippen LogP contribution in [0.4, 0.5) is 0 Å². The van der Waals surface area contributed by atoms with Gasteiger partial charge in [-0.3, -0.25) is 4.57 Å². The summed E-state index contributed by atoms with van der Waals surface area (Å²) in [6.45, 7) is 1.34. The van der Waals surface area contributed by atoms with Crippen LogP contribution in [0.2, 0.25) is 0 Å². The van der Waals surface area contributed by atoms with E-state index in [9.17, 15) is 0 Å². The topological polar surface area (TPSA) is 26.5 Å². The van der Waals surface area contributed by atoms with E-state index in [4.69, 9.17) is 4.74 Å². The molecule has 3 heteroatoms. The van der Waals surface area contributed by atoms with E-state index < -0.39 is 0 Å². The van der Waals surface area contributed by atoms with E-state index in [1.165, 1.54) is 22.2 Å². The first-order chi connectivity index (χ1) is 10.4. The molecular weight excluding hydrogens is 260 g/mol. The highest BCUT2D eigenvalue weighted by Gasteiger charge is 2.18. The maximum Gasteiger partial charge on any atom is 0.296 e. The second kappa shape index (κ2) is 5.09. The van der Waals surface area contributed by atoms with Gasteiger partial charge in [0.15, 0.2) is 0 Å². The third kappa shape index (κ3) is 2.21. The maximum absolute atomic E-state index is 5.81. The van der Waals surface area contributed by atoms with Gasteiger partial charge in [-0.1, -0.05) is 48.5 Å². The highest BCUT2D eigenvalue weighted by molar-refractivity contribution is 5.93. The second-order valence-corrected chi connectivity index (χ2v) is 5.21. The Bertz CT molecular complexity index is 802. The molecule has 1 aliphatic heterocycles. The van der Waals surface area contributed by atoms with Crippen molar-refractivity contribution >= 4 is 16.9 Å². The standard InChI is InChI=1S/C18H16N2O/c1-2-6-14(7-3-1)13-19-18-20-16(10-11-21-18)12-15-8-4-5-9-17(15)20/h1-9,12H,10-11,13H2. The summed E-state index contributed by atoms with van der Waals surface area (Å²) in [6.07, 6.45) is 0.930. The molecule has 0 unspecified atom stereocenters. The predicted molar refractivity (Wildman–Crippen MR) is 84.6 cm³/mol. The molecule has 0 atom stereocenters. The van der Waals surface area contributed by atoms with Crippen LogP contribution in [-0.4, -0.2) is 17.2 Å². The van der Waals surface area contributed by atoms with Crippen molar-refractivity contribution in [2.45, 2.75) is 13.0 Å². The van der Waals surface area contributed by atoms with Crippen LogP contribution in [0.15, 0.2) is 65.7 Å². The lowest BCUT2D eigenvalue weighted by Crippen LogP contribution is -2.25. The van der Waals surface area contributed by atoms with Gasteiger partial charge < -0.3 is 4.74 Å². The van der Waals surface area contributed by atoms with Crippen molar-refractivity contribution in [2.24, 2.45) is 4.99 Å². The first kappa shape index (κ1) is 12.2. The Hall–Kier alpha value is -2.55. The lowest BCUT2D eigenvalue weighted by Gasteiger charge is -2.19. The molecule has 3 aromatic rings. The molecule has 1 aliphatic rings. The fourth-order valence-electron chi connectivity index (χ4n) is 2.79. The Morgan fingerprint density at radius 1 is 1.00 bits per heavy atom. The lowest BCUT2D eigenvalue weighted by atomic mass is 10.2. The number of hydrogen-bond donors (Lipinski definition) is 0. The predicted octanol–water partition coefficient (Wildman–Crippen LogP) is 3.62. The summed E-state index contributed by atoms with van der Waals surface area (Å²) in [7, 11) is 0. The van der Waals surface area contributed by atoms with Gasteiger partial charge in [0.05, 0.1) is 18.7 Å². The quantitative estimate of drug-likeness (QED) is 0.702. The number of rotatable bonds is 2. The Morgan fingerprint density at radius 3 is 2.71 bits per heavy atom. The molecule has 104 valence electrons. The number of aliphatic imine (C=N–C) groups is 1. The third-order valence-corrected chi connectivity index (χ3v) is 3.81. The van der Waals surface area contributed by atoms with Crippen LogP contribution in [0.3, 0.4) is 0 Å². The van der Waals surface area contributed by atoms with Crippen LogP contribution >= 0.6 is 0 Å². The van der Waals surface area contributed by atoms with Crippen molar-refractivity contribution in [1.29, 1.82) is 0 Å². The minimum absolute atomic E-state index is 0.641. The Balaban J connectivity index is 1.76. The number of hydrogen-bond acceptors (Lipinski definition) is 2. The SMILES string of the molecule is c1ccc(CN=C2OCCc3cc4ccccc4n32)cc1. The zero-order valence-corrected chi connectivity index (χ0v) is 11.7. The van der Waals surface area contributed by atoms with Gasteiger partial charge in [0, 0.05) is 17.5 Å². The van der Waals surface area contributed by atoms with Crippen molar-refractivity contribution < 1.29 is 4.74 Å². The van der Waals surface area contributed by atoms with E-state index in [1.807, 2.05) is 18.2 Å². The van der Waals surface area contributed by atoms with Gasteiger partial charge >= 0.3 is 0 Å². The highest BCUT2D eigenvalue weighted by atomic mass is 16.5. The monoisotopic (exact) mass is 276 g/mol. The number of para-hydroxylation sites is 1. The lowest BCUT2D eigenvalue weighted by molar-refractivity contribution is 0.275. The summed E-state index contributed by atoms with van der Waals surface area (Å²) < 4.78 is 7.95. The van der Waals surface area contributed by atoms with Crippen LogP contribution < -0.4 is 0 Å². The van der Waals surface area contributed by atoms with Gasteiger partial charge in [0.1, 0.15) is 0 Å². The minimum atomic E-state index is 0.641. The van der Waals surface area contributed by atoms with E-state index in [0.717, 1.165) is 6.42 Å². The first-order valence-corrected chi connectivity index (χ1v) is 7.23. The van der Waals surface area contributed by atoms with Gasteiger partial charge in [-0.15, -0.1) is 0 Å². The van der Waals surface area contributed by atoms with Gasteiger partial charge in [-0.25, -0.2) is 4.99 Å². The van der Waals surface area contributed by atoms with Gasteiger partial charge in [0.25, 0.3) is 6.02 Å². The van der Waals surface area contributed by atoms with Crippen LogP contribution in [0.5, 0.6) is 0 Å². The van der Waals surface area contributed by atoms with Crippen molar-refractivity contribution in [1.82, 2.24) is 4.57 Å². The van der Waals surface area contributed by atoms with E-state index in [0.29, 0.717) is 19.2 Å². The number of benzene rings is 2. The molecule has 21 heavy (non-hydrogen) atoms. The summed E-state index contributed by atoms with van der Waals surface area (Å²) in [5, 5.41) is 1.24. The molecular formula is C18H16N2O. The molecule has 4 rings (SSSR count). The molecule has 3 nitrogen and oxygen atoms in total. The van der Waals surface area contributed by atoms with Gasteiger partial charge in [0.2, 0.25) is 0 Å². The van der Waals surface area contributed by atoms with Crippen LogP contribution in [0.25, 0.3) is 10.9 Å². The Morgan fingerprint density at radius 2 is 1.81 bits per heavy atom. The van der Waals surface area contributed by atoms with Gasteiger partial charge in [-0.2, -0.15) is 0 Å². The molecule has 0 amide bonds. The second-order valence-electron chi connectivity index (χ2n) is 5.21. The molecule has 0 N–H and O–H groups in total. The van der Waals surface area contributed by atoms with E-state index in [1.54, 1.807) is 0 Å². The molecule has 0 bridgehead atoms. The molecule has 0 fully saturated rings. The Kier molecular flexibility index (Phi) is 2.96. The summed E-state index contributed by atoms with van der Waals surface area (Å²) in [6, 6.07) is 21.6. The van der Waals surface area contributed by atoms with Crippen LogP contribution in [0.1, 0.15) is 11.3 Å². The molecule has 1 aromatic heterocycles. The third-order valence-electron chi connectivity index (χ3n) is 3.81. The summed E-state index contributed by atoms with van der Waals surface area (Å²) in [4.78, 5) is 4.67.